The summed E-state index contributed by atoms with van der Waals surface area (Å²) in [5.74, 6) is 1.70. The molecule has 0 radical (unpaired) electrons. The van der Waals surface area contributed by atoms with Crippen LogP contribution in [0.25, 0.3) is 22.6 Å². The van der Waals surface area contributed by atoms with E-state index < -0.39 is 0 Å². The molecule has 1 amide bonds. The second kappa shape index (κ2) is 7.79. The van der Waals surface area contributed by atoms with Crippen LogP contribution in [-0.2, 0) is 11.3 Å². The van der Waals surface area contributed by atoms with Crippen molar-refractivity contribution < 1.29 is 13.9 Å². The minimum atomic E-state index is -0.263. The zero-order chi connectivity index (χ0) is 19.3. The maximum Gasteiger partial charge on any atom is 0.260 e. The van der Waals surface area contributed by atoms with Crippen molar-refractivity contribution in [2.24, 2.45) is 5.10 Å². The third-order valence-electron chi connectivity index (χ3n) is 4.22. The Labute approximate surface area is 161 Å². The zero-order valence-electron chi connectivity index (χ0n) is 15.2. The highest BCUT2D eigenvalue weighted by atomic mass is 16.5. The van der Waals surface area contributed by atoms with Gasteiger partial charge in [-0.05, 0) is 54.1 Å². The van der Waals surface area contributed by atoms with E-state index in [4.69, 9.17) is 9.15 Å². The summed E-state index contributed by atoms with van der Waals surface area (Å²) >= 11 is 0. The Morgan fingerprint density at radius 1 is 1.18 bits per heavy atom. The summed E-state index contributed by atoms with van der Waals surface area (Å²) in [4.78, 5) is 17.0. The first-order valence-corrected chi connectivity index (χ1v) is 8.70. The molecule has 0 bridgehead atoms. The fourth-order valence-electron chi connectivity index (χ4n) is 2.88. The third kappa shape index (κ3) is 3.64. The number of hydrazone groups is 1. The molecule has 0 spiro atoms. The number of nitrogens with one attached hydrogen (secondary N) is 1. The van der Waals surface area contributed by atoms with Crippen LogP contribution in [0.3, 0.4) is 0 Å². The second-order valence-electron chi connectivity index (χ2n) is 6.05. The second-order valence-corrected chi connectivity index (χ2v) is 6.05. The highest BCUT2D eigenvalue weighted by Gasteiger charge is 2.16. The quantitative estimate of drug-likeness (QED) is 0.414. The van der Waals surface area contributed by atoms with Crippen molar-refractivity contribution in [3.05, 3.63) is 72.5 Å². The summed E-state index contributed by atoms with van der Waals surface area (Å²) in [5.41, 5.74) is 5.05. The molecule has 2 heterocycles. The molecule has 7 nitrogen and oxygen atoms in total. The fraction of sp³-hybridized carbons (Fsp3) is 0.0952. The molecule has 0 aliphatic carbocycles. The van der Waals surface area contributed by atoms with Crippen LogP contribution in [0.4, 0.5) is 0 Å². The van der Waals surface area contributed by atoms with Gasteiger partial charge in [0.1, 0.15) is 12.3 Å². The van der Waals surface area contributed by atoms with Crippen LogP contribution in [-0.4, -0.2) is 28.8 Å². The Hall–Kier alpha value is -3.87. The van der Waals surface area contributed by atoms with E-state index in [2.05, 4.69) is 15.5 Å². The van der Waals surface area contributed by atoms with Gasteiger partial charge in [-0.3, -0.25) is 4.79 Å². The predicted molar refractivity (Wildman–Crippen MR) is 106 cm³/mol. The molecular weight excluding hydrogens is 356 g/mol. The molecule has 0 saturated heterocycles. The Bertz CT molecular complexity index is 1110. The van der Waals surface area contributed by atoms with E-state index in [9.17, 15) is 4.79 Å². The molecule has 2 aromatic carbocycles. The largest absolute Gasteiger partial charge is 0.497 e. The molecule has 7 heteroatoms. The molecule has 4 aromatic rings. The number of ether oxygens (including phenoxy) is 1. The van der Waals surface area contributed by atoms with E-state index in [1.165, 1.54) is 0 Å². The average Bonchev–Trinajstić information content (AvgIpc) is 3.37. The lowest BCUT2D eigenvalue weighted by atomic mass is 10.2. The Balaban J connectivity index is 1.52. The van der Waals surface area contributed by atoms with Crippen LogP contribution in [0.2, 0.25) is 0 Å². The fourth-order valence-corrected chi connectivity index (χ4v) is 2.88. The van der Waals surface area contributed by atoms with Crippen molar-refractivity contribution in [2.45, 2.75) is 6.54 Å². The van der Waals surface area contributed by atoms with Crippen molar-refractivity contribution in [1.29, 1.82) is 0 Å². The van der Waals surface area contributed by atoms with Crippen molar-refractivity contribution in [3.63, 3.8) is 0 Å². The molecule has 0 aliphatic heterocycles. The van der Waals surface area contributed by atoms with Crippen molar-refractivity contribution in [1.82, 2.24) is 15.0 Å². The SMILES string of the molecule is COc1ccc(/C=N/NC(=O)Cn2c(-c3ccco3)nc3ccccc32)cc1. The summed E-state index contributed by atoms with van der Waals surface area (Å²) in [6, 6.07) is 18.6. The minimum Gasteiger partial charge on any atom is -0.497 e. The lowest BCUT2D eigenvalue weighted by Gasteiger charge is -2.06. The molecule has 0 fully saturated rings. The maximum atomic E-state index is 12.4. The first-order valence-electron chi connectivity index (χ1n) is 8.70. The Morgan fingerprint density at radius 3 is 2.75 bits per heavy atom. The van der Waals surface area contributed by atoms with Crippen molar-refractivity contribution in [2.75, 3.05) is 7.11 Å². The van der Waals surface area contributed by atoms with Crippen LogP contribution in [0.15, 0.2) is 76.4 Å². The summed E-state index contributed by atoms with van der Waals surface area (Å²) in [6.07, 6.45) is 3.16. The van der Waals surface area contributed by atoms with E-state index in [0.717, 1.165) is 22.3 Å². The van der Waals surface area contributed by atoms with Gasteiger partial charge in [0.25, 0.3) is 5.91 Å². The monoisotopic (exact) mass is 374 g/mol. The number of methoxy groups -OCH3 is 1. The zero-order valence-corrected chi connectivity index (χ0v) is 15.2. The molecule has 2 aromatic heterocycles. The summed E-state index contributed by atoms with van der Waals surface area (Å²) in [7, 11) is 1.61. The molecule has 0 saturated carbocycles. The van der Waals surface area contributed by atoms with Crippen LogP contribution < -0.4 is 10.2 Å². The highest BCUT2D eigenvalue weighted by Crippen LogP contribution is 2.25. The number of furan rings is 1. The highest BCUT2D eigenvalue weighted by molar-refractivity contribution is 5.85. The number of hydrogen-bond donors (Lipinski definition) is 1. The Kier molecular flexibility index (Phi) is 4.88. The summed E-state index contributed by atoms with van der Waals surface area (Å²) in [6.45, 7) is 0.0660. The molecule has 4 rings (SSSR count). The first kappa shape index (κ1) is 17.5. The molecule has 0 aliphatic rings. The molecule has 0 unspecified atom stereocenters. The number of amides is 1. The maximum absolute atomic E-state index is 12.4. The van der Waals surface area contributed by atoms with E-state index in [-0.39, 0.29) is 12.5 Å². The van der Waals surface area contributed by atoms with Gasteiger partial charge in [-0.25, -0.2) is 10.4 Å². The van der Waals surface area contributed by atoms with Gasteiger partial charge in [0.15, 0.2) is 11.6 Å². The molecular formula is C21H18N4O3. The number of nitrogens with zero attached hydrogens (tertiary/aromatic N) is 3. The van der Waals surface area contributed by atoms with Gasteiger partial charge in [0, 0.05) is 0 Å². The number of rotatable bonds is 6. The average molecular weight is 374 g/mol. The molecule has 140 valence electrons. The van der Waals surface area contributed by atoms with Crippen molar-refractivity contribution >= 4 is 23.2 Å². The lowest BCUT2D eigenvalue weighted by molar-refractivity contribution is -0.121. The minimum absolute atomic E-state index is 0.0660. The van der Waals surface area contributed by atoms with E-state index >= 15 is 0 Å². The van der Waals surface area contributed by atoms with Gasteiger partial charge in [-0.15, -0.1) is 0 Å². The summed E-state index contributed by atoms with van der Waals surface area (Å²) < 4.78 is 12.4. The topological polar surface area (TPSA) is 81.6 Å². The van der Waals surface area contributed by atoms with Crippen LogP contribution in [0, 0.1) is 0 Å². The number of para-hydroxylation sites is 2. The number of benzene rings is 2. The van der Waals surface area contributed by atoms with E-state index in [1.807, 2.05) is 59.2 Å². The van der Waals surface area contributed by atoms with Gasteiger partial charge >= 0.3 is 0 Å². The first-order chi connectivity index (χ1) is 13.7. The Morgan fingerprint density at radius 2 is 2.00 bits per heavy atom. The van der Waals surface area contributed by atoms with Crippen molar-refractivity contribution in [3.8, 4) is 17.3 Å². The number of hydrogen-bond acceptors (Lipinski definition) is 5. The molecule has 1 N–H and O–H groups in total. The number of imidazole rings is 1. The van der Waals surface area contributed by atoms with Gasteiger partial charge in [0.05, 0.1) is 30.6 Å². The number of fused-ring (bicyclic) bond motifs is 1. The standard InChI is InChI=1S/C21H18N4O3/c1-27-16-10-8-15(9-11-16)13-22-24-20(26)14-25-18-6-3-2-5-17(18)23-21(25)19-7-4-12-28-19/h2-13H,14H2,1H3,(H,24,26)/b22-13+. The number of aromatic nitrogens is 2. The van der Waals surface area contributed by atoms with Gasteiger partial charge in [-0.1, -0.05) is 12.1 Å². The normalized spacial score (nSPS) is 11.2. The van der Waals surface area contributed by atoms with Crippen LogP contribution in [0.5, 0.6) is 5.75 Å². The molecule has 28 heavy (non-hydrogen) atoms. The van der Waals surface area contributed by atoms with Gasteiger partial charge in [0.2, 0.25) is 0 Å². The number of carbonyl (C=O) groups is 1. The van der Waals surface area contributed by atoms with E-state index in [1.54, 1.807) is 25.7 Å². The number of carbonyl (C=O) groups excluding carboxylic acids is 1. The van der Waals surface area contributed by atoms with Crippen LogP contribution in [0.1, 0.15) is 5.56 Å². The van der Waals surface area contributed by atoms with Crippen LogP contribution >= 0.6 is 0 Å². The van der Waals surface area contributed by atoms with Gasteiger partial charge < -0.3 is 13.7 Å². The smallest absolute Gasteiger partial charge is 0.260 e. The molecule has 0 atom stereocenters. The summed E-state index contributed by atoms with van der Waals surface area (Å²) in [5, 5.41) is 4.03. The lowest BCUT2D eigenvalue weighted by Crippen LogP contribution is -2.23. The third-order valence-corrected chi connectivity index (χ3v) is 4.22. The van der Waals surface area contributed by atoms with E-state index in [0.29, 0.717) is 11.6 Å². The predicted octanol–water partition coefficient (Wildman–Crippen LogP) is 3.46. The van der Waals surface area contributed by atoms with Gasteiger partial charge in [-0.2, -0.15) is 5.10 Å².